The second-order valence-corrected chi connectivity index (χ2v) is 4.82. The SMILES string of the molecule is Cc1nn(C)cc1COC(=O)c1cc([N+](=O)[O-])ccc1Cl. The summed E-state index contributed by atoms with van der Waals surface area (Å²) in [7, 11) is 1.76. The van der Waals surface area contributed by atoms with Crippen molar-refractivity contribution >= 4 is 23.3 Å². The van der Waals surface area contributed by atoms with Gasteiger partial charge in [-0.25, -0.2) is 4.79 Å². The maximum absolute atomic E-state index is 12.0. The van der Waals surface area contributed by atoms with Crippen LogP contribution < -0.4 is 0 Å². The number of halogens is 1. The van der Waals surface area contributed by atoms with Crippen molar-refractivity contribution in [1.29, 1.82) is 0 Å². The molecule has 110 valence electrons. The van der Waals surface area contributed by atoms with E-state index in [4.69, 9.17) is 16.3 Å². The van der Waals surface area contributed by atoms with E-state index in [1.165, 1.54) is 12.1 Å². The molecule has 0 bridgehead atoms. The van der Waals surface area contributed by atoms with Crippen LogP contribution in [-0.4, -0.2) is 20.7 Å². The van der Waals surface area contributed by atoms with Crippen LogP contribution in [0.15, 0.2) is 24.4 Å². The summed E-state index contributed by atoms with van der Waals surface area (Å²) in [5.74, 6) is -0.716. The van der Waals surface area contributed by atoms with Gasteiger partial charge in [-0.3, -0.25) is 14.8 Å². The number of rotatable bonds is 4. The van der Waals surface area contributed by atoms with Crippen molar-refractivity contribution in [3.05, 3.63) is 56.4 Å². The molecule has 2 aromatic rings. The highest BCUT2D eigenvalue weighted by atomic mass is 35.5. The minimum absolute atomic E-state index is 0.0253. The summed E-state index contributed by atoms with van der Waals surface area (Å²) >= 11 is 5.87. The van der Waals surface area contributed by atoms with Crippen molar-refractivity contribution in [3.8, 4) is 0 Å². The quantitative estimate of drug-likeness (QED) is 0.492. The number of nitro groups is 1. The van der Waals surface area contributed by atoms with E-state index in [-0.39, 0.29) is 22.9 Å². The van der Waals surface area contributed by atoms with Gasteiger partial charge in [0.1, 0.15) is 6.61 Å². The molecule has 8 heteroatoms. The van der Waals surface area contributed by atoms with Gasteiger partial charge in [-0.2, -0.15) is 5.10 Å². The highest BCUT2D eigenvalue weighted by Gasteiger charge is 2.17. The third-order valence-corrected chi connectivity index (χ3v) is 3.18. The van der Waals surface area contributed by atoms with Crippen molar-refractivity contribution in [3.63, 3.8) is 0 Å². The van der Waals surface area contributed by atoms with Gasteiger partial charge in [0, 0.05) is 30.9 Å². The number of hydrogen-bond donors (Lipinski definition) is 0. The largest absolute Gasteiger partial charge is 0.457 e. The van der Waals surface area contributed by atoms with E-state index in [0.29, 0.717) is 0 Å². The lowest BCUT2D eigenvalue weighted by Crippen LogP contribution is -2.07. The van der Waals surface area contributed by atoms with Crippen LogP contribution >= 0.6 is 11.6 Å². The zero-order chi connectivity index (χ0) is 15.6. The van der Waals surface area contributed by atoms with Crippen LogP contribution in [0.5, 0.6) is 0 Å². The lowest BCUT2D eigenvalue weighted by atomic mass is 10.2. The fourth-order valence-corrected chi connectivity index (χ4v) is 1.99. The van der Waals surface area contributed by atoms with E-state index in [1.807, 2.05) is 0 Å². The number of ether oxygens (including phenoxy) is 1. The van der Waals surface area contributed by atoms with E-state index < -0.39 is 10.9 Å². The predicted molar refractivity (Wildman–Crippen MR) is 75.2 cm³/mol. The number of nitro benzene ring substituents is 1. The first-order valence-electron chi connectivity index (χ1n) is 5.98. The van der Waals surface area contributed by atoms with E-state index in [9.17, 15) is 14.9 Å². The molecule has 0 aliphatic rings. The highest BCUT2D eigenvalue weighted by molar-refractivity contribution is 6.33. The highest BCUT2D eigenvalue weighted by Crippen LogP contribution is 2.23. The Hall–Kier alpha value is -2.41. The van der Waals surface area contributed by atoms with Crippen LogP contribution in [0.1, 0.15) is 21.6 Å². The van der Waals surface area contributed by atoms with Gasteiger partial charge in [-0.15, -0.1) is 0 Å². The summed E-state index contributed by atoms with van der Waals surface area (Å²) in [4.78, 5) is 22.1. The molecule has 2 rings (SSSR count). The number of aryl methyl sites for hydroxylation is 2. The van der Waals surface area contributed by atoms with Crippen LogP contribution in [-0.2, 0) is 18.4 Å². The van der Waals surface area contributed by atoms with E-state index in [0.717, 1.165) is 17.3 Å². The topological polar surface area (TPSA) is 87.3 Å². The first-order valence-corrected chi connectivity index (χ1v) is 6.36. The summed E-state index contributed by atoms with van der Waals surface area (Å²) in [6.45, 7) is 1.82. The standard InChI is InChI=1S/C13H12ClN3O4/c1-8-9(6-16(2)15-8)7-21-13(18)11-5-10(17(19)20)3-4-12(11)14/h3-6H,7H2,1-2H3. The van der Waals surface area contributed by atoms with Gasteiger partial charge in [0.25, 0.3) is 5.69 Å². The second-order valence-electron chi connectivity index (χ2n) is 4.41. The van der Waals surface area contributed by atoms with E-state index >= 15 is 0 Å². The molecule has 0 aliphatic heterocycles. The van der Waals surface area contributed by atoms with Gasteiger partial charge in [0.05, 0.1) is 21.2 Å². The van der Waals surface area contributed by atoms with Gasteiger partial charge in [0.2, 0.25) is 0 Å². The Kier molecular flexibility index (Phi) is 4.23. The Morgan fingerprint density at radius 3 is 2.81 bits per heavy atom. The molecular weight excluding hydrogens is 298 g/mol. The molecule has 0 radical (unpaired) electrons. The lowest BCUT2D eigenvalue weighted by molar-refractivity contribution is -0.384. The molecule has 0 saturated heterocycles. The van der Waals surface area contributed by atoms with Crippen LogP contribution in [0, 0.1) is 17.0 Å². The summed E-state index contributed by atoms with van der Waals surface area (Å²) in [6.07, 6.45) is 1.73. The third kappa shape index (κ3) is 3.38. The predicted octanol–water partition coefficient (Wildman–Crippen LogP) is 2.65. The third-order valence-electron chi connectivity index (χ3n) is 2.85. The molecule has 0 spiro atoms. The van der Waals surface area contributed by atoms with Crippen LogP contribution in [0.25, 0.3) is 0 Å². The van der Waals surface area contributed by atoms with Gasteiger partial charge < -0.3 is 4.74 Å². The molecule has 1 aromatic heterocycles. The Morgan fingerprint density at radius 2 is 2.24 bits per heavy atom. The Balaban J connectivity index is 2.15. The minimum atomic E-state index is -0.716. The Morgan fingerprint density at radius 1 is 1.52 bits per heavy atom. The Labute approximate surface area is 125 Å². The maximum atomic E-state index is 12.0. The monoisotopic (exact) mass is 309 g/mol. The van der Waals surface area contributed by atoms with Crippen molar-refractivity contribution in [2.75, 3.05) is 0 Å². The number of carbonyl (C=O) groups excluding carboxylic acids is 1. The molecule has 0 fully saturated rings. The van der Waals surface area contributed by atoms with Crippen LogP contribution in [0.4, 0.5) is 5.69 Å². The average molecular weight is 310 g/mol. The molecule has 1 heterocycles. The van der Waals surface area contributed by atoms with Gasteiger partial charge in [-0.1, -0.05) is 11.6 Å². The number of benzene rings is 1. The normalized spacial score (nSPS) is 10.4. The number of non-ortho nitro benzene ring substituents is 1. The zero-order valence-electron chi connectivity index (χ0n) is 11.4. The average Bonchev–Trinajstić information content (AvgIpc) is 2.74. The lowest BCUT2D eigenvalue weighted by Gasteiger charge is -2.05. The minimum Gasteiger partial charge on any atom is -0.457 e. The van der Waals surface area contributed by atoms with E-state index in [1.54, 1.807) is 24.9 Å². The Bertz CT molecular complexity index is 711. The van der Waals surface area contributed by atoms with Crippen molar-refractivity contribution < 1.29 is 14.5 Å². The van der Waals surface area contributed by atoms with Crippen molar-refractivity contribution in [2.45, 2.75) is 13.5 Å². The summed E-state index contributed by atoms with van der Waals surface area (Å²) < 4.78 is 6.73. The molecule has 7 nitrogen and oxygen atoms in total. The number of carbonyl (C=O) groups is 1. The van der Waals surface area contributed by atoms with Gasteiger partial charge >= 0.3 is 5.97 Å². The summed E-state index contributed by atoms with van der Waals surface area (Å²) in [5.41, 5.74) is 1.25. The summed E-state index contributed by atoms with van der Waals surface area (Å²) in [5, 5.41) is 14.9. The number of aromatic nitrogens is 2. The molecule has 21 heavy (non-hydrogen) atoms. The summed E-state index contributed by atoms with van der Waals surface area (Å²) in [6, 6.07) is 3.62. The van der Waals surface area contributed by atoms with Crippen LogP contribution in [0.2, 0.25) is 5.02 Å². The smallest absolute Gasteiger partial charge is 0.340 e. The first-order chi connectivity index (χ1) is 9.88. The van der Waals surface area contributed by atoms with Crippen molar-refractivity contribution in [2.24, 2.45) is 7.05 Å². The van der Waals surface area contributed by atoms with Gasteiger partial charge in [-0.05, 0) is 13.0 Å². The molecule has 1 aromatic carbocycles. The fraction of sp³-hybridized carbons (Fsp3) is 0.231. The van der Waals surface area contributed by atoms with E-state index in [2.05, 4.69) is 5.10 Å². The number of hydrogen-bond acceptors (Lipinski definition) is 5. The maximum Gasteiger partial charge on any atom is 0.340 e. The molecule has 0 amide bonds. The molecular formula is C13H12ClN3O4. The molecule has 0 atom stereocenters. The first kappa shape index (κ1) is 15.0. The zero-order valence-corrected chi connectivity index (χ0v) is 12.1. The van der Waals surface area contributed by atoms with Crippen LogP contribution in [0.3, 0.4) is 0 Å². The van der Waals surface area contributed by atoms with Crippen molar-refractivity contribution in [1.82, 2.24) is 9.78 Å². The number of nitrogens with zero attached hydrogens (tertiary/aromatic N) is 3. The fourth-order valence-electron chi connectivity index (χ4n) is 1.79. The second kappa shape index (κ2) is 5.92. The molecule has 0 N–H and O–H groups in total. The number of esters is 1. The molecule has 0 saturated carbocycles. The molecule has 0 aliphatic carbocycles. The molecule has 0 unspecified atom stereocenters. The van der Waals surface area contributed by atoms with Gasteiger partial charge in [0.15, 0.2) is 0 Å².